The van der Waals surface area contributed by atoms with Crippen molar-refractivity contribution in [1.29, 1.82) is 0 Å². The summed E-state index contributed by atoms with van der Waals surface area (Å²) in [6.45, 7) is 14.4. The standard InChI is InChI=1S/C24H37N3O5/c1-14-12-18(14)27(21(30)15(2)25-22(31)32-24(6,7)8)19(20(29)26-23(3,4)5)16-10-9-11-17(28)13-16/h9-11,13-15,18-19,28H,12H2,1-8H3,(H,25,31)(H,26,29). The van der Waals surface area contributed by atoms with E-state index in [4.69, 9.17) is 4.74 Å². The number of nitrogens with one attached hydrogen (secondary N) is 2. The average Bonchev–Trinajstić information content (AvgIpc) is 3.31. The molecule has 1 saturated carbocycles. The van der Waals surface area contributed by atoms with Crippen molar-refractivity contribution < 1.29 is 24.2 Å². The van der Waals surface area contributed by atoms with Crippen LogP contribution in [0.4, 0.5) is 4.79 Å². The zero-order chi connectivity index (χ0) is 24.4. The van der Waals surface area contributed by atoms with Gasteiger partial charge in [-0.2, -0.15) is 0 Å². The molecule has 3 N–H and O–H groups in total. The number of phenols is 1. The molecule has 4 atom stereocenters. The SMILES string of the molecule is CC(NC(=O)OC(C)(C)C)C(=O)N(C(C(=O)NC(C)(C)C)c1cccc(O)c1)C1CC1C. The maximum Gasteiger partial charge on any atom is 0.408 e. The molecule has 0 spiro atoms. The Morgan fingerprint density at radius 3 is 2.22 bits per heavy atom. The Hall–Kier alpha value is -2.77. The van der Waals surface area contributed by atoms with Gasteiger partial charge in [0.1, 0.15) is 23.4 Å². The van der Waals surface area contributed by atoms with Gasteiger partial charge in [-0.1, -0.05) is 19.1 Å². The summed E-state index contributed by atoms with van der Waals surface area (Å²) >= 11 is 0. The number of hydrogen-bond donors (Lipinski definition) is 3. The first-order valence-corrected chi connectivity index (χ1v) is 11.0. The van der Waals surface area contributed by atoms with E-state index in [-0.39, 0.29) is 29.5 Å². The minimum absolute atomic E-state index is 0.00670. The summed E-state index contributed by atoms with van der Waals surface area (Å²) in [5, 5.41) is 15.6. The molecule has 8 nitrogen and oxygen atoms in total. The van der Waals surface area contributed by atoms with E-state index >= 15 is 0 Å². The summed E-state index contributed by atoms with van der Waals surface area (Å²) in [5.74, 6) is -0.509. The number of nitrogens with zero attached hydrogens (tertiary/aromatic N) is 1. The van der Waals surface area contributed by atoms with Crippen molar-refractivity contribution in [3.8, 4) is 5.75 Å². The van der Waals surface area contributed by atoms with Gasteiger partial charge in [0.05, 0.1) is 0 Å². The Balaban J connectivity index is 2.39. The van der Waals surface area contributed by atoms with E-state index < -0.39 is 29.3 Å². The molecule has 0 aliphatic heterocycles. The van der Waals surface area contributed by atoms with Crippen LogP contribution >= 0.6 is 0 Å². The van der Waals surface area contributed by atoms with Crippen LogP contribution in [0.1, 0.15) is 73.4 Å². The number of carbonyl (C=O) groups excluding carboxylic acids is 3. The lowest BCUT2D eigenvalue weighted by molar-refractivity contribution is -0.143. The molecule has 0 saturated heterocycles. The number of rotatable bonds is 6. The molecule has 1 aromatic rings. The molecule has 3 amide bonds. The minimum atomic E-state index is -0.952. The summed E-state index contributed by atoms with van der Waals surface area (Å²) in [7, 11) is 0. The lowest BCUT2D eigenvalue weighted by Gasteiger charge is -2.36. The number of amides is 3. The zero-order valence-electron chi connectivity index (χ0n) is 20.4. The average molecular weight is 448 g/mol. The molecule has 32 heavy (non-hydrogen) atoms. The number of aromatic hydroxyl groups is 1. The second kappa shape index (κ2) is 9.38. The van der Waals surface area contributed by atoms with Crippen LogP contribution in [0.2, 0.25) is 0 Å². The third kappa shape index (κ3) is 7.14. The van der Waals surface area contributed by atoms with Crippen molar-refractivity contribution in [2.75, 3.05) is 0 Å². The van der Waals surface area contributed by atoms with Gasteiger partial charge in [0.2, 0.25) is 11.8 Å². The third-order valence-corrected chi connectivity index (χ3v) is 4.99. The van der Waals surface area contributed by atoms with Gasteiger partial charge in [-0.15, -0.1) is 0 Å². The molecule has 1 fully saturated rings. The highest BCUT2D eigenvalue weighted by Crippen LogP contribution is 2.41. The van der Waals surface area contributed by atoms with E-state index in [1.54, 1.807) is 44.7 Å². The van der Waals surface area contributed by atoms with E-state index in [1.807, 2.05) is 27.7 Å². The van der Waals surface area contributed by atoms with Crippen molar-refractivity contribution in [3.05, 3.63) is 29.8 Å². The van der Waals surface area contributed by atoms with Gasteiger partial charge >= 0.3 is 6.09 Å². The van der Waals surface area contributed by atoms with Crippen molar-refractivity contribution >= 4 is 17.9 Å². The lowest BCUT2D eigenvalue weighted by Crippen LogP contribution is -2.54. The van der Waals surface area contributed by atoms with Crippen LogP contribution in [0, 0.1) is 5.92 Å². The van der Waals surface area contributed by atoms with Crippen molar-refractivity contribution in [2.45, 2.75) is 91.1 Å². The van der Waals surface area contributed by atoms with Gasteiger partial charge < -0.3 is 25.4 Å². The summed E-state index contributed by atoms with van der Waals surface area (Å²) in [6.07, 6.45) is 0.0541. The van der Waals surface area contributed by atoms with Crippen LogP contribution in [-0.2, 0) is 14.3 Å². The Morgan fingerprint density at radius 1 is 1.16 bits per heavy atom. The van der Waals surface area contributed by atoms with Crippen molar-refractivity contribution in [1.82, 2.24) is 15.5 Å². The molecule has 0 aromatic heterocycles. The number of carbonyl (C=O) groups is 3. The van der Waals surface area contributed by atoms with Crippen LogP contribution in [0.5, 0.6) is 5.75 Å². The fraction of sp³-hybridized carbons (Fsp3) is 0.625. The predicted molar refractivity (Wildman–Crippen MR) is 122 cm³/mol. The third-order valence-electron chi connectivity index (χ3n) is 4.99. The summed E-state index contributed by atoms with van der Waals surface area (Å²) in [6, 6.07) is 4.36. The molecule has 1 aliphatic rings. The monoisotopic (exact) mass is 447 g/mol. The molecule has 0 heterocycles. The zero-order valence-corrected chi connectivity index (χ0v) is 20.4. The summed E-state index contributed by atoms with van der Waals surface area (Å²) in [5.41, 5.74) is -0.714. The highest BCUT2D eigenvalue weighted by Gasteiger charge is 2.48. The van der Waals surface area contributed by atoms with Crippen LogP contribution in [0.3, 0.4) is 0 Å². The van der Waals surface area contributed by atoms with E-state index in [0.29, 0.717) is 5.56 Å². The van der Waals surface area contributed by atoms with Gasteiger partial charge in [-0.25, -0.2) is 4.79 Å². The van der Waals surface area contributed by atoms with E-state index in [9.17, 15) is 19.5 Å². The molecule has 2 rings (SSSR count). The Labute approximate surface area is 190 Å². The molecule has 178 valence electrons. The highest BCUT2D eigenvalue weighted by atomic mass is 16.6. The quantitative estimate of drug-likeness (QED) is 0.619. The van der Waals surface area contributed by atoms with E-state index in [2.05, 4.69) is 10.6 Å². The number of hydrogen-bond acceptors (Lipinski definition) is 5. The van der Waals surface area contributed by atoms with Crippen LogP contribution < -0.4 is 10.6 Å². The normalized spacial score (nSPS) is 20.0. The minimum Gasteiger partial charge on any atom is -0.508 e. The van der Waals surface area contributed by atoms with Crippen LogP contribution in [-0.4, -0.2) is 51.1 Å². The van der Waals surface area contributed by atoms with Gasteiger partial charge in [-0.05, 0) is 78.5 Å². The van der Waals surface area contributed by atoms with Gasteiger partial charge in [-0.3, -0.25) is 9.59 Å². The topological polar surface area (TPSA) is 108 Å². The molecule has 1 aromatic carbocycles. The fourth-order valence-corrected chi connectivity index (χ4v) is 3.51. The van der Waals surface area contributed by atoms with Crippen LogP contribution in [0.15, 0.2) is 24.3 Å². The molecular formula is C24H37N3O5. The predicted octanol–water partition coefficient (Wildman–Crippen LogP) is 3.50. The number of ether oxygens (including phenoxy) is 1. The Morgan fingerprint density at radius 2 is 1.75 bits per heavy atom. The smallest absolute Gasteiger partial charge is 0.408 e. The number of benzene rings is 1. The highest BCUT2D eigenvalue weighted by molar-refractivity contribution is 5.92. The second-order valence-electron chi connectivity index (χ2n) is 10.6. The molecule has 0 radical (unpaired) electrons. The number of alkyl carbamates (subject to hydrolysis) is 1. The lowest BCUT2D eigenvalue weighted by atomic mass is 10.00. The van der Waals surface area contributed by atoms with Gasteiger partial charge in [0.15, 0.2) is 0 Å². The molecule has 0 bridgehead atoms. The maximum absolute atomic E-state index is 13.6. The number of phenolic OH excluding ortho intramolecular Hbond substituents is 1. The summed E-state index contributed by atoms with van der Waals surface area (Å²) in [4.78, 5) is 40.7. The van der Waals surface area contributed by atoms with Gasteiger partial charge in [0, 0.05) is 11.6 Å². The largest absolute Gasteiger partial charge is 0.508 e. The van der Waals surface area contributed by atoms with E-state index in [1.165, 1.54) is 12.1 Å². The first-order valence-electron chi connectivity index (χ1n) is 11.0. The first-order chi connectivity index (χ1) is 14.6. The van der Waals surface area contributed by atoms with E-state index in [0.717, 1.165) is 6.42 Å². The second-order valence-corrected chi connectivity index (χ2v) is 10.6. The molecule has 4 unspecified atom stereocenters. The van der Waals surface area contributed by atoms with Crippen molar-refractivity contribution in [3.63, 3.8) is 0 Å². The maximum atomic E-state index is 13.6. The molecular weight excluding hydrogens is 410 g/mol. The Bertz CT molecular complexity index is 856. The first kappa shape index (κ1) is 25.5. The fourth-order valence-electron chi connectivity index (χ4n) is 3.51. The molecule has 8 heteroatoms. The Kier molecular flexibility index (Phi) is 7.47. The molecule has 1 aliphatic carbocycles. The van der Waals surface area contributed by atoms with Crippen molar-refractivity contribution in [2.24, 2.45) is 5.92 Å². The van der Waals surface area contributed by atoms with Gasteiger partial charge in [0.25, 0.3) is 0 Å². The summed E-state index contributed by atoms with van der Waals surface area (Å²) < 4.78 is 5.28. The van der Waals surface area contributed by atoms with Crippen LogP contribution in [0.25, 0.3) is 0 Å².